The van der Waals surface area contributed by atoms with Crippen LogP contribution in [-0.4, -0.2) is 11.0 Å². The Bertz CT molecular complexity index is 543. The summed E-state index contributed by atoms with van der Waals surface area (Å²) in [6, 6.07) is 7.36. The van der Waals surface area contributed by atoms with Crippen LogP contribution < -0.4 is 4.74 Å². The summed E-state index contributed by atoms with van der Waals surface area (Å²) in [5, 5.41) is 0. The molecule has 0 N–H and O–H groups in total. The standard InChI is InChI=1S/C12H7F2NO2/c13-8-4-5-11(9(14)7-8)17-12(16)10-3-1-2-6-15-10/h1-7H. The van der Waals surface area contributed by atoms with Gasteiger partial charge in [0, 0.05) is 12.3 Å². The molecule has 0 aliphatic heterocycles. The van der Waals surface area contributed by atoms with Crippen LogP contribution in [0.1, 0.15) is 10.5 Å². The van der Waals surface area contributed by atoms with E-state index in [1.54, 1.807) is 12.1 Å². The van der Waals surface area contributed by atoms with Gasteiger partial charge in [-0.1, -0.05) is 6.07 Å². The van der Waals surface area contributed by atoms with Crippen LogP contribution in [-0.2, 0) is 0 Å². The number of pyridine rings is 1. The van der Waals surface area contributed by atoms with Crippen molar-refractivity contribution in [2.24, 2.45) is 0 Å². The van der Waals surface area contributed by atoms with E-state index in [0.717, 1.165) is 12.1 Å². The lowest BCUT2D eigenvalue weighted by Gasteiger charge is -2.04. The fourth-order valence-corrected chi connectivity index (χ4v) is 1.19. The third-order valence-corrected chi connectivity index (χ3v) is 1.97. The highest BCUT2D eigenvalue weighted by Crippen LogP contribution is 2.18. The van der Waals surface area contributed by atoms with Gasteiger partial charge in [-0.3, -0.25) is 0 Å². The van der Waals surface area contributed by atoms with Crippen molar-refractivity contribution in [3.8, 4) is 5.75 Å². The minimum absolute atomic E-state index is 0.0521. The number of carbonyl (C=O) groups excluding carboxylic acids is 1. The molecule has 0 atom stereocenters. The van der Waals surface area contributed by atoms with Gasteiger partial charge in [-0.15, -0.1) is 0 Å². The van der Waals surface area contributed by atoms with Crippen molar-refractivity contribution in [2.75, 3.05) is 0 Å². The summed E-state index contributed by atoms with van der Waals surface area (Å²) in [4.78, 5) is 15.3. The number of ether oxygens (including phenoxy) is 1. The predicted octanol–water partition coefficient (Wildman–Crippen LogP) is 2.58. The van der Waals surface area contributed by atoms with Crippen molar-refractivity contribution in [3.63, 3.8) is 0 Å². The summed E-state index contributed by atoms with van der Waals surface area (Å²) in [5.74, 6) is -2.80. The summed E-state index contributed by atoms with van der Waals surface area (Å²) in [6.07, 6.45) is 1.41. The van der Waals surface area contributed by atoms with Gasteiger partial charge in [0.15, 0.2) is 11.6 Å². The van der Waals surface area contributed by atoms with Crippen LogP contribution in [0.5, 0.6) is 5.75 Å². The van der Waals surface area contributed by atoms with Crippen molar-refractivity contribution >= 4 is 5.97 Å². The number of nitrogens with zero attached hydrogens (tertiary/aromatic N) is 1. The van der Waals surface area contributed by atoms with E-state index >= 15 is 0 Å². The van der Waals surface area contributed by atoms with Gasteiger partial charge in [0.2, 0.25) is 0 Å². The summed E-state index contributed by atoms with van der Waals surface area (Å²) < 4.78 is 30.5. The van der Waals surface area contributed by atoms with E-state index < -0.39 is 17.6 Å². The van der Waals surface area contributed by atoms with Crippen LogP contribution in [0.4, 0.5) is 8.78 Å². The lowest BCUT2D eigenvalue weighted by Crippen LogP contribution is -2.11. The maximum atomic E-state index is 13.2. The quantitative estimate of drug-likeness (QED) is 0.593. The third kappa shape index (κ3) is 2.63. The zero-order valence-electron chi connectivity index (χ0n) is 8.56. The monoisotopic (exact) mass is 235 g/mol. The van der Waals surface area contributed by atoms with Gasteiger partial charge in [0.05, 0.1) is 0 Å². The number of carbonyl (C=O) groups is 1. The fraction of sp³-hybridized carbons (Fsp3) is 0. The first-order valence-corrected chi connectivity index (χ1v) is 4.75. The van der Waals surface area contributed by atoms with E-state index in [0.29, 0.717) is 6.07 Å². The zero-order valence-corrected chi connectivity index (χ0v) is 8.56. The van der Waals surface area contributed by atoms with Crippen molar-refractivity contribution in [1.29, 1.82) is 0 Å². The first-order chi connectivity index (χ1) is 8.16. The molecule has 17 heavy (non-hydrogen) atoms. The average molecular weight is 235 g/mol. The lowest BCUT2D eigenvalue weighted by molar-refractivity contribution is 0.0721. The molecule has 0 bridgehead atoms. The van der Waals surface area contributed by atoms with Crippen molar-refractivity contribution < 1.29 is 18.3 Å². The number of benzene rings is 1. The second-order valence-corrected chi connectivity index (χ2v) is 3.18. The zero-order chi connectivity index (χ0) is 12.3. The summed E-state index contributed by atoms with van der Waals surface area (Å²) in [5.41, 5.74) is 0.0521. The van der Waals surface area contributed by atoms with Crippen molar-refractivity contribution in [3.05, 3.63) is 59.9 Å². The number of hydrogen-bond donors (Lipinski definition) is 0. The Morgan fingerprint density at radius 2 is 2.00 bits per heavy atom. The fourth-order valence-electron chi connectivity index (χ4n) is 1.19. The number of aromatic nitrogens is 1. The molecule has 0 aliphatic rings. The summed E-state index contributed by atoms with van der Waals surface area (Å²) in [6.45, 7) is 0. The van der Waals surface area contributed by atoms with Gasteiger partial charge >= 0.3 is 5.97 Å². The molecule has 1 aromatic carbocycles. The molecule has 1 aromatic heterocycles. The van der Waals surface area contributed by atoms with Crippen LogP contribution in [0.3, 0.4) is 0 Å². The highest BCUT2D eigenvalue weighted by molar-refractivity contribution is 5.88. The van der Waals surface area contributed by atoms with Crippen molar-refractivity contribution in [1.82, 2.24) is 4.98 Å². The molecule has 2 rings (SSSR count). The summed E-state index contributed by atoms with van der Waals surface area (Å²) >= 11 is 0. The number of hydrogen-bond acceptors (Lipinski definition) is 3. The molecule has 86 valence electrons. The molecule has 0 spiro atoms. The van der Waals surface area contributed by atoms with Crippen molar-refractivity contribution in [2.45, 2.75) is 0 Å². The van der Waals surface area contributed by atoms with Crippen LogP contribution in [0, 0.1) is 11.6 Å². The highest BCUT2D eigenvalue weighted by atomic mass is 19.1. The molecule has 0 unspecified atom stereocenters. The molecule has 0 aliphatic carbocycles. The Morgan fingerprint density at radius 1 is 1.18 bits per heavy atom. The summed E-state index contributed by atoms with van der Waals surface area (Å²) in [7, 11) is 0. The molecule has 2 aromatic rings. The smallest absolute Gasteiger partial charge is 0.362 e. The SMILES string of the molecule is O=C(Oc1ccc(F)cc1F)c1ccccn1. The van der Waals surface area contributed by atoms with E-state index in [2.05, 4.69) is 4.98 Å². The molecule has 0 saturated carbocycles. The molecule has 0 radical (unpaired) electrons. The normalized spacial score (nSPS) is 10.0. The second kappa shape index (κ2) is 4.69. The van der Waals surface area contributed by atoms with Crippen LogP contribution in [0.25, 0.3) is 0 Å². The minimum atomic E-state index is -0.936. The molecule has 0 fully saturated rings. The Balaban J connectivity index is 2.19. The average Bonchev–Trinajstić information content (AvgIpc) is 2.34. The Morgan fingerprint density at radius 3 is 2.65 bits per heavy atom. The minimum Gasteiger partial charge on any atom is -0.419 e. The van der Waals surface area contributed by atoms with Gasteiger partial charge in [0.25, 0.3) is 0 Å². The molecule has 3 nitrogen and oxygen atoms in total. The number of halogens is 2. The maximum Gasteiger partial charge on any atom is 0.362 e. The van der Waals surface area contributed by atoms with E-state index in [9.17, 15) is 13.6 Å². The van der Waals surface area contributed by atoms with Gasteiger partial charge in [-0.05, 0) is 24.3 Å². The second-order valence-electron chi connectivity index (χ2n) is 3.18. The van der Waals surface area contributed by atoms with Gasteiger partial charge in [-0.2, -0.15) is 0 Å². The van der Waals surface area contributed by atoms with E-state index in [-0.39, 0.29) is 11.4 Å². The maximum absolute atomic E-state index is 13.2. The Hall–Kier alpha value is -2.30. The van der Waals surface area contributed by atoms with Gasteiger partial charge in [0.1, 0.15) is 11.5 Å². The molecule has 0 saturated heterocycles. The largest absolute Gasteiger partial charge is 0.419 e. The number of rotatable bonds is 2. The van der Waals surface area contributed by atoms with E-state index in [4.69, 9.17) is 4.74 Å². The molecule has 5 heteroatoms. The predicted molar refractivity (Wildman–Crippen MR) is 55.6 cm³/mol. The topological polar surface area (TPSA) is 39.2 Å². The van der Waals surface area contributed by atoms with Crippen LogP contribution in [0.2, 0.25) is 0 Å². The first-order valence-electron chi connectivity index (χ1n) is 4.75. The first kappa shape index (κ1) is 11.2. The van der Waals surface area contributed by atoms with Gasteiger partial charge in [-0.25, -0.2) is 18.6 Å². The van der Waals surface area contributed by atoms with E-state index in [1.165, 1.54) is 12.3 Å². The van der Waals surface area contributed by atoms with E-state index in [1.807, 2.05) is 0 Å². The van der Waals surface area contributed by atoms with Crippen LogP contribution in [0.15, 0.2) is 42.6 Å². The molecule has 1 heterocycles. The molecular weight excluding hydrogens is 228 g/mol. The van der Waals surface area contributed by atoms with Crippen LogP contribution >= 0.6 is 0 Å². The third-order valence-electron chi connectivity index (χ3n) is 1.97. The lowest BCUT2D eigenvalue weighted by atomic mass is 10.3. The molecular formula is C12H7F2NO2. The van der Waals surface area contributed by atoms with Gasteiger partial charge < -0.3 is 4.74 Å². The molecule has 0 amide bonds. The Kier molecular flexibility index (Phi) is 3.09. The highest BCUT2D eigenvalue weighted by Gasteiger charge is 2.12. The Labute approximate surface area is 95.7 Å². The number of esters is 1.